The zero-order valence-corrected chi connectivity index (χ0v) is 12.4. The minimum absolute atomic E-state index is 0.0174. The monoisotopic (exact) mass is 279 g/mol. The van der Waals surface area contributed by atoms with Gasteiger partial charge in [-0.15, -0.1) is 0 Å². The van der Waals surface area contributed by atoms with Crippen LogP contribution in [0.2, 0.25) is 0 Å². The van der Waals surface area contributed by atoms with Crippen molar-refractivity contribution in [1.82, 2.24) is 4.90 Å². The molecule has 0 amide bonds. The van der Waals surface area contributed by atoms with Crippen LogP contribution in [0.3, 0.4) is 0 Å². The number of ether oxygens (including phenoxy) is 1. The van der Waals surface area contributed by atoms with Crippen molar-refractivity contribution in [1.29, 1.82) is 0 Å². The third kappa shape index (κ3) is 2.57. The first-order chi connectivity index (χ1) is 9.51. The first kappa shape index (κ1) is 15.0. The summed E-state index contributed by atoms with van der Waals surface area (Å²) in [6.45, 7) is 0. The van der Waals surface area contributed by atoms with E-state index >= 15 is 0 Å². The van der Waals surface area contributed by atoms with Gasteiger partial charge in [-0.25, -0.2) is 4.39 Å². The normalized spacial score (nSPS) is 18.1. The van der Waals surface area contributed by atoms with Crippen LogP contribution >= 0.6 is 0 Å². The number of ketones is 1. The minimum atomic E-state index is -0.487. The minimum Gasteiger partial charge on any atom is -0.494 e. The number of carbonyl (C=O) groups excluding carboxylic acids is 1. The maximum Gasteiger partial charge on any atom is 0.183 e. The highest BCUT2D eigenvalue weighted by Crippen LogP contribution is 2.35. The summed E-state index contributed by atoms with van der Waals surface area (Å²) in [5.74, 6) is -0.295. The molecule has 0 radical (unpaired) electrons. The van der Waals surface area contributed by atoms with Crippen molar-refractivity contribution in [3.05, 3.63) is 29.6 Å². The second-order valence-corrected chi connectivity index (χ2v) is 5.67. The summed E-state index contributed by atoms with van der Waals surface area (Å²) < 4.78 is 18.7. The van der Waals surface area contributed by atoms with Crippen molar-refractivity contribution in [2.75, 3.05) is 21.2 Å². The fraction of sp³-hybridized carbons (Fsp3) is 0.562. The van der Waals surface area contributed by atoms with Crippen molar-refractivity contribution < 1.29 is 13.9 Å². The highest BCUT2D eigenvalue weighted by molar-refractivity contribution is 6.03. The molecule has 4 heteroatoms. The van der Waals surface area contributed by atoms with E-state index in [1.807, 2.05) is 19.0 Å². The average Bonchev–Trinajstić information content (AvgIpc) is 2.47. The molecule has 1 aromatic carbocycles. The number of benzene rings is 1. The second kappa shape index (κ2) is 5.92. The number of nitrogens with zero attached hydrogens (tertiary/aromatic N) is 1. The molecule has 20 heavy (non-hydrogen) atoms. The number of hydrogen-bond donors (Lipinski definition) is 0. The average molecular weight is 279 g/mol. The topological polar surface area (TPSA) is 29.5 Å². The fourth-order valence-electron chi connectivity index (χ4n) is 3.09. The van der Waals surface area contributed by atoms with Gasteiger partial charge >= 0.3 is 0 Å². The van der Waals surface area contributed by atoms with E-state index in [1.54, 1.807) is 6.07 Å². The van der Waals surface area contributed by atoms with Gasteiger partial charge in [-0.1, -0.05) is 19.3 Å². The summed E-state index contributed by atoms with van der Waals surface area (Å²) in [5, 5.41) is 0. The second-order valence-electron chi connectivity index (χ2n) is 5.67. The van der Waals surface area contributed by atoms with E-state index in [0.29, 0.717) is 5.56 Å². The van der Waals surface area contributed by atoms with E-state index in [2.05, 4.69) is 0 Å². The number of hydrogen-bond acceptors (Lipinski definition) is 3. The van der Waals surface area contributed by atoms with Crippen LogP contribution in [0.5, 0.6) is 5.75 Å². The van der Waals surface area contributed by atoms with Crippen LogP contribution in [0.4, 0.5) is 4.39 Å². The predicted molar refractivity (Wildman–Crippen MR) is 76.8 cm³/mol. The van der Waals surface area contributed by atoms with E-state index in [9.17, 15) is 9.18 Å². The first-order valence-electron chi connectivity index (χ1n) is 7.07. The molecule has 0 N–H and O–H groups in total. The Morgan fingerprint density at radius 3 is 2.40 bits per heavy atom. The van der Waals surface area contributed by atoms with Crippen molar-refractivity contribution in [2.24, 2.45) is 0 Å². The van der Waals surface area contributed by atoms with Crippen LogP contribution in [0.15, 0.2) is 18.2 Å². The first-order valence-corrected chi connectivity index (χ1v) is 7.07. The lowest BCUT2D eigenvalue weighted by molar-refractivity contribution is 0.0563. The number of halogens is 1. The van der Waals surface area contributed by atoms with Crippen LogP contribution in [0, 0.1) is 5.82 Å². The van der Waals surface area contributed by atoms with Crippen molar-refractivity contribution in [3.8, 4) is 5.75 Å². The Hall–Kier alpha value is -1.42. The van der Waals surface area contributed by atoms with Gasteiger partial charge < -0.3 is 4.74 Å². The molecule has 0 heterocycles. The summed E-state index contributed by atoms with van der Waals surface area (Å²) in [6, 6.07) is 4.47. The zero-order valence-electron chi connectivity index (χ0n) is 12.4. The van der Waals surface area contributed by atoms with Gasteiger partial charge in [0.1, 0.15) is 0 Å². The summed E-state index contributed by atoms with van der Waals surface area (Å²) >= 11 is 0. The summed E-state index contributed by atoms with van der Waals surface area (Å²) in [5.41, 5.74) is -0.0573. The molecular formula is C16H22FNO2. The van der Waals surface area contributed by atoms with Gasteiger partial charge in [0, 0.05) is 5.56 Å². The molecule has 0 atom stereocenters. The number of likely N-dealkylation sites (N-methyl/N-ethyl adjacent to an activating group) is 1. The molecule has 1 saturated carbocycles. The Morgan fingerprint density at radius 2 is 1.90 bits per heavy atom. The maximum atomic E-state index is 13.8. The number of carbonyl (C=O) groups is 1. The Labute approximate surface area is 119 Å². The maximum absolute atomic E-state index is 13.8. The van der Waals surface area contributed by atoms with Gasteiger partial charge in [0.15, 0.2) is 17.3 Å². The Morgan fingerprint density at radius 1 is 1.25 bits per heavy atom. The lowest BCUT2D eigenvalue weighted by Crippen LogP contribution is -2.52. The largest absolute Gasteiger partial charge is 0.494 e. The quantitative estimate of drug-likeness (QED) is 0.792. The van der Waals surface area contributed by atoms with Gasteiger partial charge in [-0.05, 0) is 45.1 Å². The standard InChI is InChI=1S/C16H22FNO2/c1-18(2)16(9-5-4-6-10-16)15(19)12-7-8-14(20-3)13(17)11-12/h7-8,11H,4-6,9-10H2,1-3H3. The molecule has 0 spiro atoms. The molecular weight excluding hydrogens is 257 g/mol. The number of Topliss-reactive ketones (excluding diaryl/α,β-unsaturated/α-hetero) is 1. The number of methoxy groups -OCH3 is 1. The third-order valence-electron chi connectivity index (χ3n) is 4.37. The van der Waals surface area contributed by atoms with Crippen LogP contribution in [0.25, 0.3) is 0 Å². The van der Waals surface area contributed by atoms with E-state index in [0.717, 1.165) is 25.7 Å². The summed E-state index contributed by atoms with van der Waals surface area (Å²) in [7, 11) is 5.29. The predicted octanol–water partition coefficient (Wildman–Crippen LogP) is 3.28. The molecule has 2 rings (SSSR count). The van der Waals surface area contributed by atoms with Gasteiger partial charge in [-0.2, -0.15) is 0 Å². The Balaban J connectivity index is 2.35. The molecule has 1 aliphatic rings. The van der Waals surface area contributed by atoms with Crippen LogP contribution in [0.1, 0.15) is 42.5 Å². The molecule has 0 unspecified atom stereocenters. The molecule has 0 aromatic heterocycles. The van der Waals surface area contributed by atoms with Gasteiger partial charge in [0.2, 0.25) is 0 Å². The Bertz CT molecular complexity index is 493. The molecule has 1 fully saturated rings. The highest BCUT2D eigenvalue weighted by atomic mass is 19.1. The summed E-state index contributed by atoms with van der Waals surface area (Å²) in [6.07, 6.45) is 4.93. The van der Waals surface area contributed by atoms with Gasteiger partial charge in [0.05, 0.1) is 12.6 Å². The SMILES string of the molecule is COc1ccc(C(=O)C2(N(C)C)CCCCC2)cc1F. The van der Waals surface area contributed by atoms with Crippen LogP contribution in [-0.4, -0.2) is 37.4 Å². The van der Waals surface area contributed by atoms with Crippen molar-refractivity contribution in [2.45, 2.75) is 37.6 Å². The Kier molecular flexibility index (Phi) is 4.43. The van der Waals surface area contributed by atoms with E-state index in [-0.39, 0.29) is 11.5 Å². The van der Waals surface area contributed by atoms with Crippen molar-refractivity contribution >= 4 is 5.78 Å². The number of rotatable bonds is 4. The fourth-order valence-corrected chi connectivity index (χ4v) is 3.09. The molecule has 3 nitrogen and oxygen atoms in total. The molecule has 1 aromatic rings. The zero-order chi connectivity index (χ0) is 14.8. The van der Waals surface area contributed by atoms with Crippen LogP contribution < -0.4 is 4.74 Å². The van der Waals surface area contributed by atoms with Crippen LogP contribution in [-0.2, 0) is 0 Å². The van der Waals surface area contributed by atoms with Gasteiger partial charge in [0.25, 0.3) is 0 Å². The molecule has 1 aliphatic carbocycles. The van der Waals surface area contributed by atoms with E-state index in [1.165, 1.54) is 25.7 Å². The lowest BCUT2D eigenvalue weighted by Gasteiger charge is -2.41. The summed E-state index contributed by atoms with van der Waals surface area (Å²) in [4.78, 5) is 14.9. The molecule has 110 valence electrons. The lowest BCUT2D eigenvalue weighted by atomic mass is 9.75. The van der Waals surface area contributed by atoms with Crippen molar-refractivity contribution in [3.63, 3.8) is 0 Å². The molecule has 0 bridgehead atoms. The van der Waals surface area contributed by atoms with Gasteiger partial charge in [-0.3, -0.25) is 9.69 Å². The highest BCUT2D eigenvalue weighted by Gasteiger charge is 2.41. The third-order valence-corrected chi connectivity index (χ3v) is 4.37. The molecule has 0 aliphatic heterocycles. The van der Waals surface area contributed by atoms with E-state index in [4.69, 9.17) is 4.74 Å². The molecule has 0 saturated heterocycles. The van der Waals surface area contributed by atoms with E-state index < -0.39 is 11.4 Å². The smallest absolute Gasteiger partial charge is 0.183 e.